The van der Waals surface area contributed by atoms with Crippen LogP contribution in [0.25, 0.3) is 0 Å². The molecule has 4 nitrogen and oxygen atoms in total. The van der Waals surface area contributed by atoms with Crippen molar-refractivity contribution in [3.05, 3.63) is 22.6 Å². The molecule has 0 unspecified atom stereocenters. The fraction of sp³-hybridized carbons (Fsp3) is 0.500. The standard InChI is InChI=1S/C10H14BrNO3/c1-12(5-3-6-14-2)10(13)8-4-7-15-9(8)11/h4,7H,3,5-6H2,1-2H3. The van der Waals surface area contributed by atoms with Crippen LogP contribution in [0.15, 0.2) is 21.4 Å². The highest BCUT2D eigenvalue weighted by Gasteiger charge is 2.16. The first kappa shape index (κ1) is 12.3. The lowest BCUT2D eigenvalue weighted by Crippen LogP contribution is -2.28. The maximum Gasteiger partial charge on any atom is 0.258 e. The zero-order chi connectivity index (χ0) is 11.3. The summed E-state index contributed by atoms with van der Waals surface area (Å²) in [7, 11) is 3.41. The Labute approximate surface area is 97.3 Å². The van der Waals surface area contributed by atoms with Crippen LogP contribution in [-0.4, -0.2) is 38.1 Å². The second-order valence-corrected chi connectivity index (χ2v) is 3.90. The molecule has 1 rings (SSSR count). The van der Waals surface area contributed by atoms with Crippen LogP contribution < -0.4 is 0 Å². The maximum absolute atomic E-state index is 11.8. The molecule has 1 aromatic heterocycles. The molecule has 0 spiro atoms. The van der Waals surface area contributed by atoms with Crippen LogP contribution >= 0.6 is 15.9 Å². The molecular formula is C10H14BrNO3. The first-order valence-corrected chi connectivity index (χ1v) is 5.43. The first-order chi connectivity index (χ1) is 7.16. The van der Waals surface area contributed by atoms with Gasteiger partial charge in [0.15, 0.2) is 4.67 Å². The third-order valence-corrected chi connectivity index (χ3v) is 2.65. The minimum Gasteiger partial charge on any atom is -0.457 e. The zero-order valence-electron chi connectivity index (χ0n) is 8.83. The lowest BCUT2D eigenvalue weighted by Gasteiger charge is -2.15. The van der Waals surface area contributed by atoms with Crippen molar-refractivity contribution in [1.82, 2.24) is 4.90 Å². The van der Waals surface area contributed by atoms with Gasteiger partial charge in [-0.25, -0.2) is 0 Å². The number of hydrogen-bond acceptors (Lipinski definition) is 3. The number of furan rings is 1. The van der Waals surface area contributed by atoms with Gasteiger partial charge in [-0.1, -0.05) is 0 Å². The highest BCUT2D eigenvalue weighted by atomic mass is 79.9. The molecule has 0 N–H and O–H groups in total. The number of rotatable bonds is 5. The lowest BCUT2D eigenvalue weighted by atomic mass is 10.3. The monoisotopic (exact) mass is 275 g/mol. The molecule has 0 radical (unpaired) electrons. The van der Waals surface area contributed by atoms with Crippen LogP contribution in [0.1, 0.15) is 16.8 Å². The number of methoxy groups -OCH3 is 1. The van der Waals surface area contributed by atoms with Crippen molar-refractivity contribution in [1.29, 1.82) is 0 Å². The smallest absolute Gasteiger partial charge is 0.258 e. The molecule has 0 aromatic carbocycles. The molecule has 0 fully saturated rings. The molecule has 0 aliphatic rings. The van der Waals surface area contributed by atoms with E-state index in [9.17, 15) is 4.79 Å². The number of halogens is 1. The summed E-state index contributed by atoms with van der Waals surface area (Å²) in [5, 5.41) is 0. The van der Waals surface area contributed by atoms with Gasteiger partial charge in [-0.05, 0) is 28.4 Å². The Hall–Kier alpha value is -0.810. The van der Waals surface area contributed by atoms with Crippen LogP contribution in [-0.2, 0) is 4.74 Å². The SMILES string of the molecule is COCCCN(C)C(=O)c1ccoc1Br. The molecule has 15 heavy (non-hydrogen) atoms. The van der Waals surface area contributed by atoms with Crippen molar-refractivity contribution < 1.29 is 13.9 Å². The highest BCUT2D eigenvalue weighted by molar-refractivity contribution is 9.10. The minimum atomic E-state index is -0.0493. The van der Waals surface area contributed by atoms with E-state index in [1.165, 1.54) is 6.26 Å². The van der Waals surface area contributed by atoms with E-state index in [-0.39, 0.29) is 5.91 Å². The van der Waals surface area contributed by atoms with Gasteiger partial charge in [-0.15, -0.1) is 0 Å². The van der Waals surface area contributed by atoms with Crippen molar-refractivity contribution in [2.75, 3.05) is 27.3 Å². The molecular weight excluding hydrogens is 262 g/mol. The number of nitrogens with zero attached hydrogens (tertiary/aromatic N) is 1. The summed E-state index contributed by atoms with van der Waals surface area (Å²) < 4.78 is 10.4. The Morgan fingerprint density at radius 3 is 2.93 bits per heavy atom. The molecule has 5 heteroatoms. The molecule has 0 saturated heterocycles. The number of carbonyl (C=O) groups excluding carboxylic acids is 1. The second kappa shape index (κ2) is 5.92. The van der Waals surface area contributed by atoms with Crippen LogP contribution in [0.2, 0.25) is 0 Å². The molecule has 84 valence electrons. The summed E-state index contributed by atoms with van der Waals surface area (Å²) in [5.41, 5.74) is 0.551. The number of carbonyl (C=O) groups is 1. The van der Waals surface area contributed by atoms with E-state index < -0.39 is 0 Å². The molecule has 0 bridgehead atoms. The van der Waals surface area contributed by atoms with Gasteiger partial charge in [-0.2, -0.15) is 0 Å². The molecule has 0 atom stereocenters. The fourth-order valence-electron chi connectivity index (χ4n) is 1.20. The third kappa shape index (κ3) is 3.35. The molecule has 0 aliphatic carbocycles. The van der Waals surface area contributed by atoms with Gasteiger partial charge in [0.25, 0.3) is 5.91 Å². The van der Waals surface area contributed by atoms with Gasteiger partial charge < -0.3 is 14.1 Å². The summed E-state index contributed by atoms with van der Waals surface area (Å²) in [6.07, 6.45) is 2.31. The quantitative estimate of drug-likeness (QED) is 0.774. The van der Waals surface area contributed by atoms with Gasteiger partial charge in [0, 0.05) is 27.3 Å². The molecule has 0 saturated carbocycles. The minimum absolute atomic E-state index is 0.0493. The third-order valence-electron chi connectivity index (χ3n) is 2.04. The summed E-state index contributed by atoms with van der Waals surface area (Å²) >= 11 is 3.18. The predicted molar refractivity (Wildman–Crippen MR) is 59.9 cm³/mol. The highest BCUT2D eigenvalue weighted by Crippen LogP contribution is 2.18. The summed E-state index contributed by atoms with van der Waals surface area (Å²) in [5.74, 6) is -0.0493. The van der Waals surface area contributed by atoms with E-state index in [2.05, 4.69) is 15.9 Å². The molecule has 1 heterocycles. The summed E-state index contributed by atoms with van der Waals surface area (Å²) in [6, 6.07) is 1.65. The van der Waals surface area contributed by atoms with Crippen LogP contribution in [0.3, 0.4) is 0 Å². The Morgan fingerprint density at radius 2 is 2.40 bits per heavy atom. The molecule has 1 amide bonds. The van der Waals surface area contributed by atoms with E-state index in [4.69, 9.17) is 9.15 Å². The Kier molecular flexibility index (Phi) is 4.84. The predicted octanol–water partition coefficient (Wildman–Crippen LogP) is 2.15. The van der Waals surface area contributed by atoms with Crippen LogP contribution in [0.5, 0.6) is 0 Å². The first-order valence-electron chi connectivity index (χ1n) is 4.64. The van der Waals surface area contributed by atoms with Gasteiger partial charge in [0.2, 0.25) is 0 Å². The fourth-order valence-corrected chi connectivity index (χ4v) is 1.61. The number of hydrogen-bond donors (Lipinski definition) is 0. The number of ether oxygens (including phenoxy) is 1. The van der Waals surface area contributed by atoms with Crippen LogP contribution in [0, 0.1) is 0 Å². The van der Waals surface area contributed by atoms with E-state index >= 15 is 0 Å². The second-order valence-electron chi connectivity index (χ2n) is 3.18. The van der Waals surface area contributed by atoms with Crippen LogP contribution in [0.4, 0.5) is 0 Å². The maximum atomic E-state index is 11.8. The topological polar surface area (TPSA) is 42.7 Å². The Balaban J connectivity index is 2.50. The summed E-state index contributed by atoms with van der Waals surface area (Å²) in [6.45, 7) is 1.33. The largest absolute Gasteiger partial charge is 0.457 e. The van der Waals surface area contributed by atoms with Crippen molar-refractivity contribution in [3.63, 3.8) is 0 Å². The zero-order valence-corrected chi connectivity index (χ0v) is 10.4. The Bertz CT molecular complexity index is 324. The molecule has 1 aromatic rings. The molecule has 0 aliphatic heterocycles. The van der Waals surface area contributed by atoms with E-state index in [1.807, 2.05) is 0 Å². The average Bonchev–Trinajstić information content (AvgIpc) is 2.63. The van der Waals surface area contributed by atoms with Gasteiger partial charge >= 0.3 is 0 Å². The van der Waals surface area contributed by atoms with Crippen molar-refractivity contribution >= 4 is 21.8 Å². The normalized spacial score (nSPS) is 10.3. The van der Waals surface area contributed by atoms with E-state index in [0.29, 0.717) is 23.4 Å². The van der Waals surface area contributed by atoms with Gasteiger partial charge in [0.1, 0.15) is 0 Å². The van der Waals surface area contributed by atoms with E-state index in [0.717, 1.165) is 6.42 Å². The Morgan fingerprint density at radius 1 is 1.67 bits per heavy atom. The average molecular weight is 276 g/mol. The lowest BCUT2D eigenvalue weighted by molar-refractivity contribution is 0.0777. The van der Waals surface area contributed by atoms with E-state index in [1.54, 1.807) is 25.1 Å². The number of amides is 1. The summed E-state index contributed by atoms with van der Waals surface area (Å²) in [4.78, 5) is 13.5. The van der Waals surface area contributed by atoms with Crippen molar-refractivity contribution in [2.45, 2.75) is 6.42 Å². The van der Waals surface area contributed by atoms with Crippen molar-refractivity contribution in [3.8, 4) is 0 Å². The van der Waals surface area contributed by atoms with Crippen molar-refractivity contribution in [2.24, 2.45) is 0 Å². The van der Waals surface area contributed by atoms with Gasteiger partial charge in [0.05, 0.1) is 11.8 Å². The van der Waals surface area contributed by atoms with Gasteiger partial charge in [-0.3, -0.25) is 4.79 Å².